The molecule has 0 amide bonds. The molecule has 24 heavy (non-hydrogen) atoms. The average molecular weight is 438 g/mol. The summed E-state index contributed by atoms with van der Waals surface area (Å²) in [7, 11) is 0. The van der Waals surface area contributed by atoms with Crippen molar-refractivity contribution >= 4 is 34.6 Å². The number of ether oxygens (including phenoxy) is 2. The van der Waals surface area contributed by atoms with Gasteiger partial charge in [-0.2, -0.15) is 0 Å². The Kier molecular flexibility index (Phi) is 5.88. The summed E-state index contributed by atoms with van der Waals surface area (Å²) in [5.41, 5.74) is 0.960. The number of carbonyl (C=O) groups is 1. The molecular weight excluding hydrogens is 419 g/mol. The SMILES string of the molecule is C=Cc1ccc(OCC(=O)OC(C)(C)c2ccc(O)c(I)c2)cc1. The van der Waals surface area contributed by atoms with Crippen LogP contribution in [0.5, 0.6) is 11.5 Å². The number of hydrogen-bond acceptors (Lipinski definition) is 4. The zero-order valence-corrected chi connectivity index (χ0v) is 15.7. The summed E-state index contributed by atoms with van der Waals surface area (Å²) in [5, 5.41) is 9.60. The van der Waals surface area contributed by atoms with Crippen molar-refractivity contribution < 1.29 is 19.4 Å². The highest BCUT2D eigenvalue weighted by Crippen LogP contribution is 2.29. The minimum Gasteiger partial charge on any atom is -0.507 e. The van der Waals surface area contributed by atoms with Crippen LogP contribution in [0, 0.1) is 3.57 Å². The second-order valence-corrected chi connectivity index (χ2v) is 6.87. The van der Waals surface area contributed by atoms with Gasteiger partial charge in [-0.3, -0.25) is 0 Å². The summed E-state index contributed by atoms with van der Waals surface area (Å²) >= 11 is 2.03. The first-order chi connectivity index (χ1) is 11.3. The van der Waals surface area contributed by atoms with Gasteiger partial charge < -0.3 is 14.6 Å². The minimum atomic E-state index is -0.819. The molecule has 0 heterocycles. The molecule has 0 atom stereocenters. The van der Waals surface area contributed by atoms with E-state index in [4.69, 9.17) is 9.47 Å². The zero-order chi connectivity index (χ0) is 17.7. The first-order valence-electron chi connectivity index (χ1n) is 7.38. The molecule has 0 fully saturated rings. The quantitative estimate of drug-likeness (QED) is 0.533. The van der Waals surface area contributed by atoms with E-state index in [-0.39, 0.29) is 12.4 Å². The topological polar surface area (TPSA) is 55.8 Å². The predicted octanol–water partition coefficient (Wildman–Crippen LogP) is 4.50. The van der Waals surface area contributed by atoms with Gasteiger partial charge in [0.15, 0.2) is 6.61 Å². The highest BCUT2D eigenvalue weighted by atomic mass is 127. The Balaban J connectivity index is 1.96. The number of hydrogen-bond donors (Lipinski definition) is 1. The van der Waals surface area contributed by atoms with Crippen molar-refractivity contribution in [3.05, 3.63) is 63.7 Å². The highest BCUT2D eigenvalue weighted by molar-refractivity contribution is 14.1. The molecule has 0 saturated carbocycles. The fourth-order valence-corrected chi connectivity index (χ4v) is 2.61. The van der Waals surface area contributed by atoms with E-state index in [1.807, 2.05) is 34.7 Å². The van der Waals surface area contributed by atoms with E-state index in [1.165, 1.54) is 0 Å². The van der Waals surface area contributed by atoms with Gasteiger partial charge in [-0.05, 0) is 71.8 Å². The fraction of sp³-hybridized carbons (Fsp3) is 0.211. The van der Waals surface area contributed by atoms with Crippen LogP contribution in [-0.4, -0.2) is 17.7 Å². The van der Waals surface area contributed by atoms with Gasteiger partial charge >= 0.3 is 5.97 Å². The number of benzene rings is 2. The second-order valence-electron chi connectivity index (χ2n) is 5.71. The molecule has 1 N–H and O–H groups in total. The van der Waals surface area contributed by atoms with E-state index in [0.717, 1.165) is 11.1 Å². The van der Waals surface area contributed by atoms with E-state index in [0.29, 0.717) is 9.32 Å². The Bertz CT molecular complexity index is 736. The van der Waals surface area contributed by atoms with Gasteiger partial charge in [0.1, 0.15) is 17.1 Å². The molecule has 0 spiro atoms. The van der Waals surface area contributed by atoms with E-state index in [9.17, 15) is 9.90 Å². The van der Waals surface area contributed by atoms with Crippen LogP contribution in [0.15, 0.2) is 49.0 Å². The smallest absolute Gasteiger partial charge is 0.345 e. The normalized spacial score (nSPS) is 11.0. The molecule has 2 aromatic carbocycles. The summed E-state index contributed by atoms with van der Waals surface area (Å²) in [6.07, 6.45) is 1.74. The van der Waals surface area contributed by atoms with Crippen LogP contribution >= 0.6 is 22.6 Å². The number of aromatic hydroxyl groups is 1. The number of halogens is 1. The maximum atomic E-state index is 12.1. The molecule has 2 aromatic rings. The Morgan fingerprint density at radius 1 is 1.25 bits per heavy atom. The summed E-state index contributed by atoms with van der Waals surface area (Å²) in [4.78, 5) is 12.1. The number of phenols is 1. The molecule has 0 aliphatic carbocycles. The van der Waals surface area contributed by atoms with Crippen LogP contribution in [-0.2, 0) is 15.1 Å². The molecule has 0 radical (unpaired) electrons. The Morgan fingerprint density at radius 2 is 1.92 bits per heavy atom. The molecule has 5 heteroatoms. The Labute approximate surface area is 155 Å². The van der Waals surface area contributed by atoms with Crippen LogP contribution in [0.25, 0.3) is 6.08 Å². The molecule has 0 aliphatic heterocycles. The van der Waals surface area contributed by atoms with Gasteiger partial charge in [-0.1, -0.05) is 30.9 Å². The molecule has 0 saturated heterocycles. The van der Waals surface area contributed by atoms with Crippen molar-refractivity contribution in [1.29, 1.82) is 0 Å². The van der Waals surface area contributed by atoms with E-state index >= 15 is 0 Å². The fourth-order valence-electron chi connectivity index (χ4n) is 2.10. The number of esters is 1. The number of rotatable bonds is 6. The van der Waals surface area contributed by atoms with Crippen LogP contribution in [0.4, 0.5) is 0 Å². The summed E-state index contributed by atoms with van der Waals surface area (Å²) in [6, 6.07) is 12.4. The van der Waals surface area contributed by atoms with E-state index in [2.05, 4.69) is 6.58 Å². The second kappa shape index (κ2) is 7.70. The van der Waals surface area contributed by atoms with Crippen LogP contribution < -0.4 is 4.74 Å². The van der Waals surface area contributed by atoms with Gasteiger partial charge in [0.25, 0.3) is 0 Å². The summed E-state index contributed by atoms with van der Waals surface area (Å²) < 4.78 is 11.7. The predicted molar refractivity (Wildman–Crippen MR) is 102 cm³/mol. The van der Waals surface area contributed by atoms with Gasteiger partial charge in [-0.25, -0.2) is 4.79 Å². The van der Waals surface area contributed by atoms with Crippen molar-refractivity contribution in [2.45, 2.75) is 19.4 Å². The third kappa shape index (κ3) is 4.74. The first-order valence-corrected chi connectivity index (χ1v) is 8.46. The van der Waals surface area contributed by atoms with E-state index in [1.54, 1.807) is 50.3 Å². The van der Waals surface area contributed by atoms with Gasteiger partial charge in [-0.15, -0.1) is 0 Å². The van der Waals surface area contributed by atoms with Gasteiger partial charge in [0.2, 0.25) is 0 Å². The molecule has 4 nitrogen and oxygen atoms in total. The third-order valence-electron chi connectivity index (χ3n) is 3.48. The monoisotopic (exact) mass is 438 g/mol. The summed E-state index contributed by atoms with van der Waals surface area (Å²) in [5.74, 6) is 0.332. The number of carbonyl (C=O) groups excluding carboxylic acids is 1. The van der Waals surface area contributed by atoms with Gasteiger partial charge in [0.05, 0.1) is 3.57 Å². The van der Waals surface area contributed by atoms with Crippen LogP contribution in [0.3, 0.4) is 0 Å². The van der Waals surface area contributed by atoms with Crippen LogP contribution in [0.1, 0.15) is 25.0 Å². The lowest BCUT2D eigenvalue weighted by Gasteiger charge is -2.26. The van der Waals surface area contributed by atoms with Crippen molar-refractivity contribution in [2.75, 3.05) is 6.61 Å². The average Bonchev–Trinajstić information content (AvgIpc) is 2.55. The van der Waals surface area contributed by atoms with E-state index < -0.39 is 11.6 Å². The third-order valence-corrected chi connectivity index (χ3v) is 4.35. The van der Waals surface area contributed by atoms with Crippen molar-refractivity contribution in [2.24, 2.45) is 0 Å². The van der Waals surface area contributed by atoms with Gasteiger partial charge in [0, 0.05) is 0 Å². The highest BCUT2D eigenvalue weighted by Gasteiger charge is 2.26. The largest absolute Gasteiger partial charge is 0.507 e. The zero-order valence-electron chi connectivity index (χ0n) is 13.6. The molecule has 0 unspecified atom stereocenters. The first kappa shape index (κ1) is 18.3. The Hall–Kier alpha value is -2.02. The van der Waals surface area contributed by atoms with Crippen molar-refractivity contribution in [1.82, 2.24) is 0 Å². The van der Waals surface area contributed by atoms with Crippen molar-refractivity contribution in [3.63, 3.8) is 0 Å². The summed E-state index contributed by atoms with van der Waals surface area (Å²) in [6.45, 7) is 7.11. The molecule has 2 rings (SSSR count). The maximum Gasteiger partial charge on any atom is 0.345 e. The number of phenolic OH excluding ortho intramolecular Hbond substituents is 1. The molecule has 0 aromatic heterocycles. The molecular formula is C19H19IO4. The minimum absolute atomic E-state index is 0.175. The molecule has 126 valence electrons. The van der Waals surface area contributed by atoms with Crippen LogP contribution in [0.2, 0.25) is 0 Å². The standard InChI is InChI=1S/C19H19IO4/c1-4-13-5-8-15(9-6-13)23-12-18(22)24-19(2,3)14-7-10-17(21)16(20)11-14/h4-11,21H,1,12H2,2-3H3. The molecule has 0 aliphatic rings. The lowest BCUT2D eigenvalue weighted by atomic mass is 9.98. The van der Waals surface area contributed by atoms with Crippen molar-refractivity contribution in [3.8, 4) is 11.5 Å². The Morgan fingerprint density at radius 3 is 2.50 bits per heavy atom. The maximum absolute atomic E-state index is 12.1. The lowest BCUT2D eigenvalue weighted by Crippen LogP contribution is -2.28. The molecule has 0 bridgehead atoms. The lowest BCUT2D eigenvalue weighted by molar-refractivity contribution is -0.159.